The molecule has 6 nitrogen and oxygen atoms in total. The molecule has 0 saturated heterocycles. The molecule has 1 amide bonds. The number of halogens is 1. The van der Waals surface area contributed by atoms with Crippen molar-refractivity contribution in [2.24, 2.45) is 0 Å². The minimum absolute atomic E-state index is 0.0492. The molecule has 1 N–H and O–H groups in total. The van der Waals surface area contributed by atoms with Crippen molar-refractivity contribution < 1.29 is 9.53 Å². The Kier molecular flexibility index (Phi) is 6.41. The Labute approximate surface area is 193 Å². The summed E-state index contributed by atoms with van der Waals surface area (Å²) in [5.41, 5.74) is 2.45. The quantitative estimate of drug-likeness (QED) is 0.298. The molecular weight excluding hydrogens is 454 g/mol. The Balaban J connectivity index is 1.60. The number of thiophene rings is 1. The van der Waals surface area contributed by atoms with Gasteiger partial charge >= 0.3 is 0 Å². The van der Waals surface area contributed by atoms with Crippen molar-refractivity contribution in [1.29, 1.82) is 0 Å². The number of hydrogen-bond donors (Lipinski definition) is 1. The molecule has 9 heteroatoms. The molecule has 0 aliphatic heterocycles. The molecule has 0 atom stereocenters. The summed E-state index contributed by atoms with van der Waals surface area (Å²) in [7, 11) is 1.53. The fraction of sp³-hybridized carbons (Fsp3) is 0.318. The smallest absolute Gasteiger partial charge is 0.263 e. The maximum atomic E-state index is 13.3. The molecule has 162 valence electrons. The summed E-state index contributed by atoms with van der Waals surface area (Å²) in [4.78, 5) is 32.7. The number of amides is 1. The summed E-state index contributed by atoms with van der Waals surface area (Å²) in [6.07, 6.45) is 3.01. The highest BCUT2D eigenvalue weighted by Gasteiger charge is 2.23. The van der Waals surface area contributed by atoms with Gasteiger partial charge in [-0.15, -0.1) is 11.3 Å². The van der Waals surface area contributed by atoms with Crippen LogP contribution in [0.4, 0.5) is 5.69 Å². The fourth-order valence-corrected chi connectivity index (χ4v) is 5.95. The average Bonchev–Trinajstić information content (AvgIpc) is 3.29. The third kappa shape index (κ3) is 4.51. The van der Waals surface area contributed by atoms with Crippen LogP contribution in [0.25, 0.3) is 10.2 Å². The predicted octanol–water partition coefficient (Wildman–Crippen LogP) is 4.92. The molecule has 3 aromatic rings. The number of ether oxygens (including phenoxy) is 1. The molecule has 0 bridgehead atoms. The van der Waals surface area contributed by atoms with Gasteiger partial charge in [-0.25, -0.2) is 4.98 Å². The predicted molar refractivity (Wildman–Crippen MR) is 128 cm³/mol. The number of aryl methyl sites for hydroxylation is 2. The van der Waals surface area contributed by atoms with Gasteiger partial charge < -0.3 is 10.1 Å². The summed E-state index contributed by atoms with van der Waals surface area (Å²) >= 11 is 8.87. The van der Waals surface area contributed by atoms with Crippen LogP contribution in [0.3, 0.4) is 0 Å². The van der Waals surface area contributed by atoms with Gasteiger partial charge in [0.05, 0.1) is 23.9 Å². The standard InChI is InChI=1S/C22H22ClN3O3S2/c1-12(2)10-26-21(28)19-14-5-4-6-17(14)31-20(19)25-22(26)30-11-18(27)24-15-9-13(23)7-8-16(15)29-3/h7-9H,1,4-6,10-11H2,2-3H3,(H,24,27). The van der Waals surface area contributed by atoms with E-state index >= 15 is 0 Å². The number of carbonyl (C=O) groups is 1. The van der Waals surface area contributed by atoms with Gasteiger partial charge in [0.1, 0.15) is 10.6 Å². The van der Waals surface area contributed by atoms with E-state index in [1.165, 1.54) is 23.7 Å². The van der Waals surface area contributed by atoms with E-state index in [1.54, 1.807) is 34.1 Å². The molecular formula is C22H22ClN3O3S2. The van der Waals surface area contributed by atoms with Gasteiger partial charge in [0, 0.05) is 16.4 Å². The van der Waals surface area contributed by atoms with Gasteiger partial charge in [-0.2, -0.15) is 0 Å². The number of fused-ring (bicyclic) bond motifs is 3. The molecule has 4 rings (SSSR count). The van der Waals surface area contributed by atoms with Gasteiger partial charge in [0.15, 0.2) is 5.16 Å². The number of thioether (sulfide) groups is 1. The molecule has 0 unspecified atom stereocenters. The summed E-state index contributed by atoms with van der Waals surface area (Å²) in [6.45, 7) is 6.20. The van der Waals surface area contributed by atoms with Crippen molar-refractivity contribution in [2.75, 3.05) is 18.2 Å². The molecule has 0 fully saturated rings. The Morgan fingerprint density at radius 2 is 2.23 bits per heavy atom. The van der Waals surface area contributed by atoms with Crippen molar-refractivity contribution in [3.05, 3.63) is 56.2 Å². The molecule has 0 spiro atoms. The summed E-state index contributed by atoms with van der Waals surface area (Å²) < 4.78 is 6.91. The summed E-state index contributed by atoms with van der Waals surface area (Å²) in [5, 5.41) is 4.57. The van der Waals surface area contributed by atoms with Gasteiger partial charge in [-0.1, -0.05) is 35.5 Å². The monoisotopic (exact) mass is 475 g/mol. The lowest BCUT2D eigenvalue weighted by atomic mass is 10.2. The first kappa shape index (κ1) is 21.9. The zero-order chi connectivity index (χ0) is 22.1. The van der Waals surface area contributed by atoms with Crippen molar-refractivity contribution in [3.8, 4) is 5.75 Å². The van der Waals surface area contributed by atoms with Crippen LogP contribution in [0.1, 0.15) is 23.8 Å². The summed E-state index contributed by atoms with van der Waals surface area (Å²) in [5.74, 6) is 0.375. The van der Waals surface area contributed by atoms with E-state index in [-0.39, 0.29) is 17.2 Å². The maximum Gasteiger partial charge on any atom is 0.263 e. The topological polar surface area (TPSA) is 73.2 Å². The van der Waals surface area contributed by atoms with Crippen LogP contribution in [-0.4, -0.2) is 28.3 Å². The molecule has 1 aliphatic rings. The molecule has 1 aliphatic carbocycles. The van der Waals surface area contributed by atoms with E-state index in [0.29, 0.717) is 28.2 Å². The van der Waals surface area contributed by atoms with Gasteiger partial charge in [0.25, 0.3) is 5.56 Å². The van der Waals surface area contributed by atoms with Crippen LogP contribution < -0.4 is 15.6 Å². The van der Waals surface area contributed by atoms with E-state index in [0.717, 1.165) is 40.6 Å². The normalized spacial score (nSPS) is 12.7. The van der Waals surface area contributed by atoms with Crippen LogP contribution in [0.2, 0.25) is 5.02 Å². The third-order valence-electron chi connectivity index (χ3n) is 4.99. The van der Waals surface area contributed by atoms with E-state index in [9.17, 15) is 9.59 Å². The zero-order valence-corrected chi connectivity index (χ0v) is 19.7. The lowest BCUT2D eigenvalue weighted by Gasteiger charge is -2.13. The van der Waals surface area contributed by atoms with Crippen LogP contribution in [0.5, 0.6) is 5.75 Å². The van der Waals surface area contributed by atoms with Gasteiger partial charge in [-0.3, -0.25) is 14.2 Å². The number of nitrogens with zero attached hydrogens (tertiary/aromatic N) is 2. The molecule has 0 radical (unpaired) electrons. The first-order valence-electron chi connectivity index (χ1n) is 9.83. The number of benzene rings is 1. The Hall–Kier alpha value is -2.29. The van der Waals surface area contributed by atoms with Crippen molar-refractivity contribution >= 4 is 56.5 Å². The van der Waals surface area contributed by atoms with Gasteiger partial charge in [-0.05, 0) is 49.9 Å². The Morgan fingerprint density at radius 1 is 1.42 bits per heavy atom. The third-order valence-corrected chi connectivity index (χ3v) is 7.38. The number of anilines is 1. The Morgan fingerprint density at radius 3 is 2.97 bits per heavy atom. The number of nitrogens with one attached hydrogen (secondary N) is 1. The van der Waals surface area contributed by atoms with E-state index < -0.39 is 0 Å². The van der Waals surface area contributed by atoms with E-state index in [2.05, 4.69) is 11.9 Å². The molecule has 2 heterocycles. The number of carbonyl (C=O) groups excluding carboxylic acids is 1. The molecule has 0 saturated carbocycles. The highest BCUT2D eigenvalue weighted by molar-refractivity contribution is 7.99. The number of rotatable bonds is 7. The number of methoxy groups -OCH3 is 1. The van der Waals surface area contributed by atoms with E-state index in [1.807, 2.05) is 6.92 Å². The second kappa shape index (κ2) is 9.06. The van der Waals surface area contributed by atoms with Crippen molar-refractivity contribution in [2.45, 2.75) is 37.9 Å². The van der Waals surface area contributed by atoms with Gasteiger partial charge in [0.2, 0.25) is 5.91 Å². The van der Waals surface area contributed by atoms with Crippen LogP contribution in [0, 0.1) is 0 Å². The lowest BCUT2D eigenvalue weighted by Crippen LogP contribution is -2.24. The number of allylic oxidation sites excluding steroid dienone is 1. The molecule has 2 aromatic heterocycles. The highest BCUT2D eigenvalue weighted by Crippen LogP contribution is 2.36. The molecule has 31 heavy (non-hydrogen) atoms. The van der Waals surface area contributed by atoms with Crippen LogP contribution in [0.15, 0.2) is 40.3 Å². The van der Waals surface area contributed by atoms with Crippen molar-refractivity contribution in [1.82, 2.24) is 9.55 Å². The maximum absolute atomic E-state index is 13.3. The van der Waals surface area contributed by atoms with Crippen molar-refractivity contribution in [3.63, 3.8) is 0 Å². The zero-order valence-electron chi connectivity index (χ0n) is 17.3. The molecule has 1 aromatic carbocycles. The SMILES string of the molecule is C=C(C)Cn1c(SCC(=O)Nc2cc(Cl)ccc2OC)nc2sc3c(c2c1=O)CCC3. The highest BCUT2D eigenvalue weighted by atomic mass is 35.5. The fourth-order valence-electron chi connectivity index (χ4n) is 3.67. The minimum Gasteiger partial charge on any atom is -0.495 e. The second-order valence-corrected chi connectivity index (χ2v) is 9.92. The second-order valence-electron chi connectivity index (χ2n) is 7.46. The average molecular weight is 476 g/mol. The van der Waals surface area contributed by atoms with Crippen LogP contribution in [-0.2, 0) is 24.2 Å². The first-order chi connectivity index (χ1) is 14.9. The van der Waals surface area contributed by atoms with Crippen LogP contribution >= 0.6 is 34.7 Å². The largest absolute Gasteiger partial charge is 0.495 e. The Bertz CT molecular complexity index is 1250. The number of aromatic nitrogens is 2. The lowest BCUT2D eigenvalue weighted by molar-refractivity contribution is -0.113. The summed E-state index contributed by atoms with van der Waals surface area (Å²) in [6, 6.07) is 5.02. The first-order valence-corrected chi connectivity index (χ1v) is 12.0. The minimum atomic E-state index is -0.240. The van der Waals surface area contributed by atoms with E-state index in [4.69, 9.17) is 21.3 Å². The number of hydrogen-bond acceptors (Lipinski definition) is 6.